The summed E-state index contributed by atoms with van der Waals surface area (Å²) in [5.74, 6) is 2.17. The number of halogens is 1. The van der Waals surface area contributed by atoms with Gasteiger partial charge in [-0.3, -0.25) is 4.79 Å². The van der Waals surface area contributed by atoms with E-state index in [9.17, 15) is 4.79 Å². The number of hydrogen-bond acceptors (Lipinski definition) is 3. The van der Waals surface area contributed by atoms with Crippen LogP contribution >= 0.6 is 12.4 Å². The normalized spacial score (nSPS) is 13.6. The molecular weight excluding hydrogens is 300 g/mol. The van der Waals surface area contributed by atoms with E-state index in [4.69, 9.17) is 4.74 Å². The SMILES string of the molecule is CC(C)COc1ccccc1CNC(=O)CNCC1CC1.Cl. The summed E-state index contributed by atoms with van der Waals surface area (Å²) in [5.41, 5.74) is 1.02. The van der Waals surface area contributed by atoms with E-state index in [1.165, 1.54) is 12.8 Å². The van der Waals surface area contributed by atoms with Gasteiger partial charge in [-0.25, -0.2) is 0 Å². The maximum absolute atomic E-state index is 11.8. The van der Waals surface area contributed by atoms with Crippen molar-refractivity contribution in [1.82, 2.24) is 10.6 Å². The van der Waals surface area contributed by atoms with Crippen molar-refractivity contribution in [1.29, 1.82) is 0 Å². The second kappa shape index (κ2) is 9.70. The fourth-order valence-corrected chi connectivity index (χ4v) is 2.02. The molecule has 4 nitrogen and oxygen atoms in total. The Bertz CT molecular complexity index is 462. The zero-order valence-electron chi connectivity index (χ0n) is 13.4. The molecule has 0 heterocycles. The van der Waals surface area contributed by atoms with E-state index >= 15 is 0 Å². The number of amides is 1. The molecule has 0 bridgehead atoms. The smallest absolute Gasteiger partial charge is 0.234 e. The lowest BCUT2D eigenvalue weighted by molar-refractivity contribution is -0.120. The van der Waals surface area contributed by atoms with Crippen molar-refractivity contribution in [3.63, 3.8) is 0 Å². The summed E-state index contributed by atoms with van der Waals surface area (Å²) in [7, 11) is 0. The Morgan fingerprint density at radius 1 is 1.32 bits per heavy atom. The lowest BCUT2D eigenvalue weighted by Crippen LogP contribution is -2.34. The maximum atomic E-state index is 11.8. The molecule has 1 aromatic carbocycles. The minimum Gasteiger partial charge on any atom is -0.493 e. The van der Waals surface area contributed by atoms with Gasteiger partial charge in [-0.05, 0) is 37.3 Å². The van der Waals surface area contributed by atoms with Gasteiger partial charge in [0, 0.05) is 12.1 Å². The average molecular weight is 327 g/mol. The number of para-hydroxylation sites is 1. The molecular formula is C17H27ClN2O2. The molecule has 2 rings (SSSR count). The lowest BCUT2D eigenvalue weighted by Gasteiger charge is -2.13. The van der Waals surface area contributed by atoms with Crippen molar-refractivity contribution in [3.8, 4) is 5.75 Å². The third kappa shape index (κ3) is 7.14. The first-order valence-electron chi connectivity index (χ1n) is 7.83. The largest absolute Gasteiger partial charge is 0.493 e. The summed E-state index contributed by atoms with van der Waals surface area (Å²) in [4.78, 5) is 11.8. The number of carbonyl (C=O) groups excluding carboxylic acids is 1. The molecule has 0 atom stereocenters. The molecule has 1 aromatic rings. The second-order valence-electron chi connectivity index (χ2n) is 6.16. The highest BCUT2D eigenvalue weighted by Gasteiger charge is 2.20. The molecule has 1 aliphatic rings. The first-order valence-corrected chi connectivity index (χ1v) is 7.83. The Hall–Kier alpha value is -1.26. The number of ether oxygens (including phenoxy) is 1. The summed E-state index contributed by atoms with van der Waals surface area (Å²) in [6.45, 7) is 6.80. The van der Waals surface area contributed by atoms with Gasteiger partial charge in [0.2, 0.25) is 5.91 Å². The van der Waals surface area contributed by atoms with E-state index in [-0.39, 0.29) is 18.3 Å². The Morgan fingerprint density at radius 2 is 2.05 bits per heavy atom. The summed E-state index contributed by atoms with van der Waals surface area (Å²) < 4.78 is 5.78. The minimum atomic E-state index is 0. The number of rotatable bonds is 9. The van der Waals surface area contributed by atoms with Crippen molar-refractivity contribution >= 4 is 18.3 Å². The van der Waals surface area contributed by atoms with Crippen LogP contribution < -0.4 is 15.4 Å². The molecule has 1 fully saturated rings. The third-order valence-corrected chi connectivity index (χ3v) is 3.44. The minimum absolute atomic E-state index is 0. The first kappa shape index (κ1) is 18.8. The number of benzene rings is 1. The van der Waals surface area contributed by atoms with Crippen LogP contribution in [-0.4, -0.2) is 25.6 Å². The van der Waals surface area contributed by atoms with Gasteiger partial charge in [-0.15, -0.1) is 12.4 Å². The fourth-order valence-electron chi connectivity index (χ4n) is 2.02. The molecule has 0 unspecified atom stereocenters. The van der Waals surface area contributed by atoms with Crippen LogP contribution in [0.4, 0.5) is 0 Å². The molecule has 124 valence electrons. The Kier molecular flexibility index (Phi) is 8.28. The molecule has 1 aliphatic carbocycles. The van der Waals surface area contributed by atoms with Crippen LogP contribution in [0.3, 0.4) is 0 Å². The quantitative estimate of drug-likeness (QED) is 0.733. The zero-order valence-corrected chi connectivity index (χ0v) is 14.2. The van der Waals surface area contributed by atoms with Gasteiger partial charge in [0.05, 0.1) is 13.2 Å². The molecule has 0 saturated heterocycles. The van der Waals surface area contributed by atoms with E-state index in [2.05, 4.69) is 24.5 Å². The fraction of sp³-hybridized carbons (Fsp3) is 0.588. The molecule has 0 radical (unpaired) electrons. The summed E-state index contributed by atoms with van der Waals surface area (Å²) >= 11 is 0. The molecule has 0 aliphatic heterocycles. The standard InChI is InChI=1S/C17H26N2O2.ClH/c1-13(2)12-21-16-6-4-3-5-15(16)10-19-17(20)11-18-9-14-7-8-14;/h3-6,13-14,18H,7-12H2,1-2H3,(H,19,20);1H. The van der Waals surface area contributed by atoms with Gasteiger partial charge >= 0.3 is 0 Å². The van der Waals surface area contributed by atoms with E-state index in [1.807, 2.05) is 24.3 Å². The van der Waals surface area contributed by atoms with Crippen LogP contribution in [0.15, 0.2) is 24.3 Å². The Labute approximate surface area is 139 Å². The highest BCUT2D eigenvalue weighted by molar-refractivity contribution is 5.85. The van der Waals surface area contributed by atoms with E-state index in [0.29, 0.717) is 25.6 Å². The van der Waals surface area contributed by atoms with E-state index in [1.54, 1.807) is 0 Å². The highest BCUT2D eigenvalue weighted by Crippen LogP contribution is 2.27. The van der Waals surface area contributed by atoms with E-state index in [0.717, 1.165) is 23.8 Å². The number of hydrogen-bond donors (Lipinski definition) is 2. The first-order chi connectivity index (χ1) is 10.1. The van der Waals surface area contributed by atoms with Crippen LogP contribution in [0.2, 0.25) is 0 Å². The van der Waals surface area contributed by atoms with Crippen molar-refractivity contribution in [2.75, 3.05) is 19.7 Å². The van der Waals surface area contributed by atoms with Gasteiger partial charge in [-0.1, -0.05) is 32.0 Å². The Balaban J connectivity index is 0.00000242. The van der Waals surface area contributed by atoms with Gasteiger partial charge in [0.1, 0.15) is 5.75 Å². The predicted octanol–water partition coefficient (Wildman–Crippen LogP) is 2.76. The van der Waals surface area contributed by atoms with Crippen LogP contribution in [-0.2, 0) is 11.3 Å². The predicted molar refractivity (Wildman–Crippen MR) is 91.5 cm³/mol. The summed E-state index contributed by atoms with van der Waals surface area (Å²) in [6, 6.07) is 7.87. The molecule has 2 N–H and O–H groups in total. The molecule has 1 amide bonds. The van der Waals surface area contributed by atoms with Crippen molar-refractivity contribution < 1.29 is 9.53 Å². The van der Waals surface area contributed by atoms with Crippen LogP contribution in [0.5, 0.6) is 5.75 Å². The van der Waals surface area contributed by atoms with Crippen LogP contribution in [0, 0.1) is 11.8 Å². The molecule has 5 heteroatoms. The molecule has 22 heavy (non-hydrogen) atoms. The Morgan fingerprint density at radius 3 is 2.73 bits per heavy atom. The topological polar surface area (TPSA) is 50.4 Å². The van der Waals surface area contributed by atoms with E-state index < -0.39 is 0 Å². The summed E-state index contributed by atoms with van der Waals surface area (Å²) in [5, 5.41) is 6.13. The van der Waals surface area contributed by atoms with Gasteiger partial charge in [-0.2, -0.15) is 0 Å². The second-order valence-corrected chi connectivity index (χ2v) is 6.16. The lowest BCUT2D eigenvalue weighted by atomic mass is 10.2. The van der Waals surface area contributed by atoms with Crippen molar-refractivity contribution in [2.24, 2.45) is 11.8 Å². The molecule has 0 aromatic heterocycles. The van der Waals surface area contributed by atoms with Crippen molar-refractivity contribution in [2.45, 2.75) is 33.2 Å². The van der Waals surface area contributed by atoms with Gasteiger partial charge in [0.15, 0.2) is 0 Å². The molecule has 1 saturated carbocycles. The summed E-state index contributed by atoms with van der Waals surface area (Å²) in [6.07, 6.45) is 2.60. The van der Waals surface area contributed by atoms with Crippen molar-refractivity contribution in [3.05, 3.63) is 29.8 Å². The zero-order chi connectivity index (χ0) is 15.1. The number of carbonyl (C=O) groups is 1. The third-order valence-electron chi connectivity index (χ3n) is 3.44. The highest BCUT2D eigenvalue weighted by atomic mass is 35.5. The average Bonchev–Trinajstić information content (AvgIpc) is 3.28. The van der Waals surface area contributed by atoms with Crippen LogP contribution in [0.25, 0.3) is 0 Å². The molecule has 0 spiro atoms. The number of nitrogens with one attached hydrogen (secondary N) is 2. The monoisotopic (exact) mass is 326 g/mol. The van der Waals surface area contributed by atoms with Crippen LogP contribution in [0.1, 0.15) is 32.3 Å². The van der Waals surface area contributed by atoms with Gasteiger partial charge < -0.3 is 15.4 Å². The maximum Gasteiger partial charge on any atom is 0.234 e. The van der Waals surface area contributed by atoms with Gasteiger partial charge in [0.25, 0.3) is 0 Å².